The highest BCUT2D eigenvalue weighted by atomic mass is 16.6. The molecule has 6 nitrogen and oxygen atoms in total. The first kappa shape index (κ1) is 14.1. The molecule has 0 fully saturated rings. The van der Waals surface area contributed by atoms with Crippen molar-refractivity contribution in [3.05, 3.63) is 33.9 Å². The van der Waals surface area contributed by atoms with Gasteiger partial charge in [-0.2, -0.15) is 0 Å². The standard InChI is InChI=1S/C12H15NO5/c1-9(14)11-8-10(18-7-3-6-17-2)4-5-12(11)13(15)16/h4-5,8H,3,6-7H2,1-2H3. The second-order valence-corrected chi connectivity index (χ2v) is 3.69. The van der Waals surface area contributed by atoms with Crippen LogP contribution in [0.3, 0.4) is 0 Å². The maximum Gasteiger partial charge on any atom is 0.280 e. The lowest BCUT2D eigenvalue weighted by atomic mass is 10.1. The van der Waals surface area contributed by atoms with E-state index in [9.17, 15) is 14.9 Å². The van der Waals surface area contributed by atoms with Crippen LogP contribution < -0.4 is 4.74 Å². The highest BCUT2D eigenvalue weighted by Crippen LogP contribution is 2.24. The molecule has 0 spiro atoms. The van der Waals surface area contributed by atoms with Crippen molar-refractivity contribution in [2.24, 2.45) is 0 Å². The Kier molecular flexibility index (Phi) is 5.26. The molecule has 0 aliphatic carbocycles. The van der Waals surface area contributed by atoms with E-state index in [0.29, 0.717) is 25.4 Å². The molecule has 0 radical (unpaired) electrons. The largest absolute Gasteiger partial charge is 0.493 e. The van der Waals surface area contributed by atoms with Gasteiger partial charge in [0.25, 0.3) is 5.69 Å². The molecular formula is C12H15NO5. The summed E-state index contributed by atoms with van der Waals surface area (Å²) in [6, 6.07) is 4.16. The van der Waals surface area contributed by atoms with E-state index in [1.54, 1.807) is 7.11 Å². The molecule has 0 N–H and O–H groups in total. The van der Waals surface area contributed by atoms with Gasteiger partial charge in [0.15, 0.2) is 5.78 Å². The predicted octanol–water partition coefficient (Wildman–Crippen LogP) is 2.21. The summed E-state index contributed by atoms with van der Waals surface area (Å²) in [4.78, 5) is 21.5. The molecule has 0 unspecified atom stereocenters. The van der Waals surface area contributed by atoms with Crippen LogP contribution in [0.2, 0.25) is 0 Å². The summed E-state index contributed by atoms with van der Waals surface area (Å²) < 4.78 is 10.2. The molecule has 0 aromatic heterocycles. The van der Waals surface area contributed by atoms with E-state index in [0.717, 1.165) is 0 Å². The number of Topliss-reactive ketones (excluding diaryl/α,β-unsaturated/α-hetero) is 1. The minimum atomic E-state index is -0.578. The summed E-state index contributed by atoms with van der Waals surface area (Å²) in [6.07, 6.45) is 0.711. The first-order valence-corrected chi connectivity index (χ1v) is 5.47. The van der Waals surface area contributed by atoms with Crippen LogP contribution in [0.5, 0.6) is 5.75 Å². The molecule has 0 amide bonds. The molecule has 6 heteroatoms. The van der Waals surface area contributed by atoms with Crippen LogP contribution in [0.25, 0.3) is 0 Å². The van der Waals surface area contributed by atoms with Gasteiger partial charge in [-0.3, -0.25) is 14.9 Å². The lowest BCUT2D eigenvalue weighted by Crippen LogP contribution is -2.04. The summed E-state index contributed by atoms with van der Waals surface area (Å²) in [5.74, 6) is 0.0888. The maximum absolute atomic E-state index is 11.3. The van der Waals surface area contributed by atoms with Crippen molar-refractivity contribution in [3.63, 3.8) is 0 Å². The van der Waals surface area contributed by atoms with Gasteiger partial charge in [-0.1, -0.05) is 0 Å². The Morgan fingerprint density at radius 2 is 2.11 bits per heavy atom. The smallest absolute Gasteiger partial charge is 0.280 e. The lowest BCUT2D eigenvalue weighted by molar-refractivity contribution is -0.385. The number of rotatable bonds is 7. The van der Waals surface area contributed by atoms with Crippen molar-refractivity contribution < 1.29 is 19.2 Å². The molecule has 1 aromatic rings. The monoisotopic (exact) mass is 253 g/mol. The van der Waals surface area contributed by atoms with Crippen LogP contribution >= 0.6 is 0 Å². The van der Waals surface area contributed by atoms with Crippen LogP contribution in [-0.4, -0.2) is 31.0 Å². The molecule has 98 valence electrons. The molecule has 0 saturated carbocycles. The Balaban J connectivity index is 2.80. The molecule has 0 atom stereocenters. The zero-order valence-electron chi connectivity index (χ0n) is 10.3. The third-order valence-electron chi connectivity index (χ3n) is 2.31. The number of nitro benzene ring substituents is 1. The molecule has 0 aliphatic rings. The van der Waals surface area contributed by atoms with Crippen molar-refractivity contribution >= 4 is 11.5 Å². The summed E-state index contributed by atoms with van der Waals surface area (Å²) >= 11 is 0. The molecule has 0 heterocycles. The van der Waals surface area contributed by atoms with Gasteiger partial charge >= 0.3 is 0 Å². The lowest BCUT2D eigenvalue weighted by Gasteiger charge is -2.07. The van der Waals surface area contributed by atoms with Crippen molar-refractivity contribution in [2.75, 3.05) is 20.3 Å². The second kappa shape index (κ2) is 6.70. The average Bonchev–Trinajstić information content (AvgIpc) is 2.34. The highest BCUT2D eigenvalue weighted by molar-refractivity contribution is 5.98. The topological polar surface area (TPSA) is 78.7 Å². The van der Waals surface area contributed by atoms with Crippen LogP contribution in [0.4, 0.5) is 5.69 Å². The van der Waals surface area contributed by atoms with E-state index in [4.69, 9.17) is 9.47 Å². The van der Waals surface area contributed by atoms with Crippen LogP contribution in [0, 0.1) is 10.1 Å². The van der Waals surface area contributed by atoms with E-state index >= 15 is 0 Å². The number of hydrogen-bond acceptors (Lipinski definition) is 5. The average molecular weight is 253 g/mol. The Morgan fingerprint density at radius 1 is 1.39 bits per heavy atom. The number of methoxy groups -OCH3 is 1. The SMILES string of the molecule is COCCCOc1ccc([N+](=O)[O-])c(C(C)=O)c1. The van der Waals surface area contributed by atoms with Gasteiger partial charge in [0.2, 0.25) is 0 Å². The number of carbonyl (C=O) groups excluding carboxylic acids is 1. The minimum Gasteiger partial charge on any atom is -0.493 e. The van der Waals surface area contributed by atoms with Gasteiger partial charge in [0.05, 0.1) is 17.1 Å². The van der Waals surface area contributed by atoms with Gasteiger partial charge in [0.1, 0.15) is 5.75 Å². The number of nitrogens with zero attached hydrogens (tertiary/aromatic N) is 1. The van der Waals surface area contributed by atoms with Crippen molar-refractivity contribution in [3.8, 4) is 5.75 Å². The van der Waals surface area contributed by atoms with Gasteiger partial charge in [-0.05, 0) is 19.1 Å². The Morgan fingerprint density at radius 3 is 2.67 bits per heavy atom. The molecule has 0 aliphatic heterocycles. The highest BCUT2D eigenvalue weighted by Gasteiger charge is 2.17. The summed E-state index contributed by atoms with van der Waals surface area (Å²) in [5, 5.41) is 10.7. The number of hydrogen-bond donors (Lipinski definition) is 0. The quantitative estimate of drug-likeness (QED) is 0.322. The van der Waals surface area contributed by atoms with Gasteiger partial charge < -0.3 is 9.47 Å². The molecule has 0 bridgehead atoms. The molecule has 1 rings (SSSR count). The van der Waals surface area contributed by atoms with Crippen molar-refractivity contribution in [1.82, 2.24) is 0 Å². The van der Waals surface area contributed by atoms with Crippen LogP contribution in [0.1, 0.15) is 23.7 Å². The van der Waals surface area contributed by atoms with E-state index in [2.05, 4.69) is 0 Å². The summed E-state index contributed by atoms with van der Waals surface area (Å²) in [5.41, 5.74) is -0.143. The van der Waals surface area contributed by atoms with Crippen molar-refractivity contribution in [1.29, 1.82) is 0 Å². The fraction of sp³-hybridized carbons (Fsp3) is 0.417. The number of carbonyl (C=O) groups is 1. The zero-order chi connectivity index (χ0) is 13.5. The number of ketones is 1. The number of benzene rings is 1. The predicted molar refractivity (Wildman–Crippen MR) is 65.1 cm³/mol. The normalized spacial score (nSPS) is 10.1. The molecular weight excluding hydrogens is 238 g/mol. The van der Waals surface area contributed by atoms with Crippen molar-refractivity contribution in [2.45, 2.75) is 13.3 Å². The third kappa shape index (κ3) is 3.81. The fourth-order valence-electron chi connectivity index (χ4n) is 1.44. The number of nitro groups is 1. The maximum atomic E-state index is 11.3. The van der Waals surface area contributed by atoms with E-state index in [-0.39, 0.29) is 17.0 Å². The third-order valence-corrected chi connectivity index (χ3v) is 2.31. The van der Waals surface area contributed by atoms with Crippen LogP contribution in [0.15, 0.2) is 18.2 Å². The Hall–Kier alpha value is -1.95. The van der Waals surface area contributed by atoms with E-state index < -0.39 is 4.92 Å². The van der Waals surface area contributed by atoms with Crippen LogP contribution in [-0.2, 0) is 4.74 Å². The first-order valence-electron chi connectivity index (χ1n) is 5.47. The summed E-state index contributed by atoms with van der Waals surface area (Å²) in [7, 11) is 1.60. The van der Waals surface area contributed by atoms with E-state index in [1.165, 1.54) is 25.1 Å². The van der Waals surface area contributed by atoms with E-state index in [1.807, 2.05) is 0 Å². The molecule has 0 saturated heterocycles. The fourth-order valence-corrected chi connectivity index (χ4v) is 1.44. The number of ether oxygens (including phenoxy) is 2. The second-order valence-electron chi connectivity index (χ2n) is 3.69. The zero-order valence-corrected chi connectivity index (χ0v) is 10.3. The molecule has 18 heavy (non-hydrogen) atoms. The minimum absolute atomic E-state index is 0.0595. The first-order chi connectivity index (χ1) is 8.56. The molecule has 1 aromatic carbocycles. The summed E-state index contributed by atoms with van der Waals surface area (Å²) in [6.45, 7) is 2.30. The Labute approximate surface area is 105 Å². The van der Waals surface area contributed by atoms with Gasteiger partial charge in [0, 0.05) is 26.2 Å². The van der Waals surface area contributed by atoms with Gasteiger partial charge in [-0.15, -0.1) is 0 Å². The van der Waals surface area contributed by atoms with Gasteiger partial charge in [-0.25, -0.2) is 0 Å². The Bertz CT molecular complexity index is 444.